The molecule has 0 aliphatic heterocycles. The van der Waals surface area contributed by atoms with Crippen molar-refractivity contribution in [2.75, 3.05) is 18.8 Å². The Morgan fingerprint density at radius 2 is 2.00 bits per heavy atom. The third kappa shape index (κ3) is 5.14. The van der Waals surface area contributed by atoms with Crippen molar-refractivity contribution >= 4 is 9.84 Å². The standard InChI is InChI=1S/C13H20FNO2S/c1-11(2)18(16,17)9-8-15-7-6-12-4-3-5-13(14)10-12/h3-5,10-11,15H,6-9H2,1-2H3. The van der Waals surface area contributed by atoms with E-state index in [1.54, 1.807) is 19.9 Å². The molecule has 1 rings (SSSR count). The average molecular weight is 273 g/mol. The summed E-state index contributed by atoms with van der Waals surface area (Å²) >= 11 is 0. The molecule has 18 heavy (non-hydrogen) atoms. The minimum absolute atomic E-state index is 0.147. The molecule has 0 fully saturated rings. The Morgan fingerprint density at radius 1 is 1.28 bits per heavy atom. The third-order valence-electron chi connectivity index (χ3n) is 2.76. The van der Waals surface area contributed by atoms with Crippen LogP contribution in [0.4, 0.5) is 4.39 Å². The maximum Gasteiger partial charge on any atom is 0.153 e. The Labute approximate surface area is 108 Å². The molecule has 0 amide bonds. The summed E-state index contributed by atoms with van der Waals surface area (Å²) < 4.78 is 35.9. The summed E-state index contributed by atoms with van der Waals surface area (Å²) in [5.41, 5.74) is 0.911. The molecule has 0 spiro atoms. The topological polar surface area (TPSA) is 46.2 Å². The lowest BCUT2D eigenvalue weighted by Crippen LogP contribution is -2.28. The molecule has 3 nitrogen and oxygen atoms in total. The highest BCUT2D eigenvalue weighted by molar-refractivity contribution is 7.92. The van der Waals surface area contributed by atoms with Gasteiger partial charge in [-0.05, 0) is 44.5 Å². The predicted molar refractivity (Wildman–Crippen MR) is 71.9 cm³/mol. The highest BCUT2D eigenvalue weighted by Crippen LogP contribution is 2.03. The van der Waals surface area contributed by atoms with E-state index in [4.69, 9.17) is 0 Å². The highest BCUT2D eigenvalue weighted by atomic mass is 32.2. The number of hydrogen-bond acceptors (Lipinski definition) is 3. The van der Waals surface area contributed by atoms with E-state index in [0.717, 1.165) is 5.56 Å². The van der Waals surface area contributed by atoms with Crippen LogP contribution >= 0.6 is 0 Å². The fourth-order valence-corrected chi connectivity index (χ4v) is 2.40. The van der Waals surface area contributed by atoms with Crippen LogP contribution in [0.1, 0.15) is 19.4 Å². The lowest BCUT2D eigenvalue weighted by Gasteiger charge is -2.08. The zero-order valence-corrected chi connectivity index (χ0v) is 11.6. The van der Waals surface area contributed by atoms with Gasteiger partial charge in [0.15, 0.2) is 9.84 Å². The number of benzene rings is 1. The second kappa shape index (κ2) is 6.85. The van der Waals surface area contributed by atoms with E-state index in [2.05, 4.69) is 5.32 Å². The van der Waals surface area contributed by atoms with Crippen LogP contribution in [0.25, 0.3) is 0 Å². The quantitative estimate of drug-likeness (QED) is 0.770. The van der Waals surface area contributed by atoms with Gasteiger partial charge >= 0.3 is 0 Å². The van der Waals surface area contributed by atoms with E-state index < -0.39 is 9.84 Å². The van der Waals surface area contributed by atoms with Crippen molar-refractivity contribution in [3.63, 3.8) is 0 Å². The minimum atomic E-state index is -2.97. The van der Waals surface area contributed by atoms with Crippen molar-refractivity contribution in [1.82, 2.24) is 5.32 Å². The number of nitrogens with one attached hydrogen (secondary N) is 1. The van der Waals surface area contributed by atoms with Crippen molar-refractivity contribution in [1.29, 1.82) is 0 Å². The predicted octanol–water partition coefficient (Wildman–Crippen LogP) is 1.78. The summed E-state index contributed by atoms with van der Waals surface area (Å²) in [4.78, 5) is 0. The lowest BCUT2D eigenvalue weighted by atomic mass is 10.1. The molecule has 1 aromatic carbocycles. The molecule has 5 heteroatoms. The Hall–Kier alpha value is -0.940. The van der Waals surface area contributed by atoms with E-state index in [-0.39, 0.29) is 16.8 Å². The average Bonchev–Trinajstić information content (AvgIpc) is 2.28. The summed E-state index contributed by atoms with van der Waals surface area (Å²) in [5, 5.41) is 2.73. The zero-order chi connectivity index (χ0) is 13.6. The van der Waals surface area contributed by atoms with E-state index in [1.807, 2.05) is 6.07 Å². The molecule has 0 atom stereocenters. The fraction of sp³-hybridized carbons (Fsp3) is 0.538. The summed E-state index contributed by atoms with van der Waals surface area (Å²) in [6.07, 6.45) is 0.694. The summed E-state index contributed by atoms with van der Waals surface area (Å²) in [6, 6.07) is 6.43. The number of halogens is 1. The molecule has 102 valence electrons. The molecule has 0 bridgehead atoms. The van der Waals surface area contributed by atoms with Crippen LogP contribution in [0.5, 0.6) is 0 Å². The van der Waals surface area contributed by atoms with Gasteiger partial charge in [-0.1, -0.05) is 12.1 Å². The van der Waals surface area contributed by atoms with Crippen LogP contribution in [0, 0.1) is 5.82 Å². The van der Waals surface area contributed by atoms with Gasteiger partial charge < -0.3 is 5.32 Å². The molecule has 0 aliphatic carbocycles. The second-order valence-corrected chi connectivity index (χ2v) is 7.22. The lowest BCUT2D eigenvalue weighted by molar-refractivity contribution is 0.582. The normalized spacial score (nSPS) is 12.0. The first-order chi connectivity index (χ1) is 8.42. The summed E-state index contributed by atoms with van der Waals surface area (Å²) in [5.74, 6) is -0.0942. The van der Waals surface area contributed by atoms with Gasteiger partial charge in [0.25, 0.3) is 0 Å². The highest BCUT2D eigenvalue weighted by Gasteiger charge is 2.14. The molecule has 0 radical (unpaired) electrons. The molecule has 0 aliphatic rings. The Morgan fingerprint density at radius 3 is 2.61 bits per heavy atom. The summed E-state index contributed by atoms with van der Waals surface area (Å²) in [7, 11) is -2.97. The van der Waals surface area contributed by atoms with Crippen LogP contribution in [0.3, 0.4) is 0 Å². The Balaban J connectivity index is 2.24. The van der Waals surface area contributed by atoms with Crippen molar-refractivity contribution in [3.8, 4) is 0 Å². The molecule has 0 aromatic heterocycles. The van der Waals surface area contributed by atoms with Crippen molar-refractivity contribution in [2.24, 2.45) is 0 Å². The minimum Gasteiger partial charge on any atom is -0.315 e. The maximum absolute atomic E-state index is 12.9. The van der Waals surface area contributed by atoms with Crippen molar-refractivity contribution in [2.45, 2.75) is 25.5 Å². The first-order valence-electron chi connectivity index (χ1n) is 6.08. The van der Waals surface area contributed by atoms with Crippen LogP contribution in [-0.2, 0) is 16.3 Å². The molecule has 0 unspecified atom stereocenters. The number of rotatable bonds is 7. The third-order valence-corrected chi connectivity index (χ3v) is 4.97. The van der Waals surface area contributed by atoms with Crippen LogP contribution in [0.15, 0.2) is 24.3 Å². The van der Waals surface area contributed by atoms with Crippen LogP contribution in [-0.4, -0.2) is 32.5 Å². The zero-order valence-electron chi connectivity index (χ0n) is 10.8. The fourth-order valence-electron chi connectivity index (χ4n) is 1.50. The largest absolute Gasteiger partial charge is 0.315 e. The molecule has 1 aromatic rings. The number of sulfone groups is 1. The molecule has 0 saturated carbocycles. The van der Waals surface area contributed by atoms with E-state index >= 15 is 0 Å². The van der Waals surface area contributed by atoms with Gasteiger partial charge in [-0.15, -0.1) is 0 Å². The first kappa shape index (κ1) is 15.1. The van der Waals surface area contributed by atoms with Gasteiger partial charge in [0.1, 0.15) is 5.82 Å². The van der Waals surface area contributed by atoms with E-state index in [0.29, 0.717) is 19.5 Å². The maximum atomic E-state index is 12.9. The van der Waals surface area contributed by atoms with Gasteiger partial charge in [0.05, 0.1) is 11.0 Å². The van der Waals surface area contributed by atoms with Gasteiger partial charge in [0, 0.05) is 6.54 Å². The molecule has 0 saturated heterocycles. The SMILES string of the molecule is CC(C)S(=O)(=O)CCNCCc1cccc(F)c1. The van der Waals surface area contributed by atoms with Crippen molar-refractivity contribution < 1.29 is 12.8 Å². The second-order valence-electron chi connectivity index (χ2n) is 4.55. The van der Waals surface area contributed by atoms with Crippen molar-refractivity contribution in [3.05, 3.63) is 35.6 Å². The monoisotopic (exact) mass is 273 g/mol. The number of hydrogen-bond donors (Lipinski definition) is 1. The summed E-state index contributed by atoms with van der Waals surface area (Å²) in [6.45, 7) is 4.46. The first-order valence-corrected chi connectivity index (χ1v) is 7.80. The van der Waals surface area contributed by atoms with Gasteiger partial charge in [0.2, 0.25) is 0 Å². The van der Waals surface area contributed by atoms with Gasteiger partial charge in [-0.2, -0.15) is 0 Å². The smallest absolute Gasteiger partial charge is 0.153 e. The van der Waals surface area contributed by atoms with Crippen LogP contribution in [0.2, 0.25) is 0 Å². The molecule has 0 heterocycles. The Kier molecular flexibility index (Phi) is 5.75. The van der Waals surface area contributed by atoms with Gasteiger partial charge in [-0.3, -0.25) is 0 Å². The van der Waals surface area contributed by atoms with Crippen LogP contribution < -0.4 is 5.32 Å². The Bertz CT molecular complexity index is 472. The van der Waals surface area contributed by atoms with Gasteiger partial charge in [-0.25, -0.2) is 12.8 Å². The molecular formula is C13H20FNO2S. The van der Waals surface area contributed by atoms with E-state index in [1.165, 1.54) is 12.1 Å². The molecular weight excluding hydrogens is 253 g/mol. The molecule has 1 N–H and O–H groups in total. The van der Waals surface area contributed by atoms with E-state index in [9.17, 15) is 12.8 Å².